The van der Waals surface area contributed by atoms with Gasteiger partial charge < -0.3 is 44.9 Å². The van der Waals surface area contributed by atoms with Crippen molar-refractivity contribution >= 4 is 0 Å². The van der Waals surface area contributed by atoms with Crippen molar-refractivity contribution in [2.24, 2.45) is 0 Å². The molecule has 0 saturated heterocycles. The van der Waals surface area contributed by atoms with Crippen molar-refractivity contribution in [2.45, 2.75) is 0 Å². The monoisotopic (exact) mass is 220 g/mol. The van der Waals surface area contributed by atoms with Crippen LogP contribution in [0.1, 0.15) is 0 Å². The van der Waals surface area contributed by atoms with Gasteiger partial charge in [0.2, 0.25) is 0 Å². The largest absolute Gasteiger partial charge is 1.00 e. The van der Waals surface area contributed by atoms with Crippen LogP contribution in [-0.4, -0.2) is 36.5 Å². The van der Waals surface area contributed by atoms with Crippen LogP contribution in [0.15, 0.2) is 0 Å². The van der Waals surface area contributed by atoms with Crippen molar-refractivity contribution in [3.63, 3.8) is 0 Å². The molecule has 0 aromatic heterocycles. The zero-order chi connectivity index (χ0) is 5.54. The molecule has 9 heavy (non-hydrogen) atoms. The van der Waals surface area contributed by atoms with Crippen LogP contribution in [0.2, 0.25) is 0 Å². The summed E-state index contributed by atoms with van der Waals surface area (Å²) in [5.41, 5.74) is 0. The van der Waals surface area contributed by atoms with Crippen molar-refractivity contribution in [1.82, 2.24) is 0 Å². The lowest BCUT2D eigenvalue weighted by Gasteiger charge is -1.91. The number of halogens is 2. The molecule has 0 spiro atoms. The molecule has 0 fully saturated rings. The van der Waals surface area contributed by atoms with Crippen LogP contribution in [0, 0.1) is 0 Å². The van der Waals surface area contributed by atoms with Crippen molar-refractivity contribution < 1.29 is 44.9 Å². The summed E-state index contributed by atoms with van der Waals surface area (Å²) in [5.74, 6) is 0. The highest BCUT2D eigenvalue weighted by atomic mass is 79.9. The average molecular weight is 222 g/mol. The summed E-state index contributed by atoms with van der Waals surface area (Å²) in [6.45, 7) is 1.78. The van der Waals surface area contributed by atoms with E-state index in [1.165, 1.54) is 0 Å². The summed E-state index contributed by atoms with van der Waals surface area (Å²) in [7, 11) is 0. The van der Waals surface area contributed by atoms with Crippen molar-refractivity contribution in [2.75, 3.05) is 26.3 Å². The van der Waals surface area contributed by atoms with Gasteiger partial charge in [-0.1, -0.05) is 0 Å². The van der Waals surface area contributed by atoms with Crippen LogP contribution >= 0.6 is 0 Å². The molecule has 0 aliphatic carbocycles. The van der Waals surface area contributed by atoms with E-state index in [4.69, 9.17) is 10.2 Å². The van der Waals surface area contributed by atoms with Crippen LogP contribution in [0.5, 0.6) is 0 Å². The number of hydrogen-bond donors (Lipinski definition) is 3. The summed E-state index contributed by atoms with van der Waals surface area (Å²) in [5, 5.41) is 18.2. The number of rotatable bonds is 4. The summed E-state index contributed by atoms with van der Waals surface area (Å²) in [4.78, 5) is 0. The molecule has 60 valence electrons. The van der Waals surface area contributed by atoms with Crippen LogP contribution in [0.25, 0.3) is 0 Å². The van der Waals surface area contributed by atoms with Gasteiger partial charge in [-0.25, -0.2) is 0 Å². The minimum Gasteiger partial charge on any atom is -1.00 e. The summed E-state index contributed by atoms with van der Waals surface area (Å²) in [6.07, 6.45) is 0. The van der Waals surface area contributed by atoms with Gasteiger partial charge in [-0.05, 0) is 0 Å². The van der Waals surface area contributed by atoms with E-state index < -0.39 is 0 Å². The third kappa shape index (κ3) is 17.7. The maximum atomic E-state index is 8.18. The van der Waals surface area contributed by atoms with Crippen LogP contribution in [-0.2, 0) is 0 Å². The maximum absolute atomic E-state index is 8.18. The fourth-order valence-corrected chi connectivity index (χ4v) is 0.327. The molecule has 0 bridgehead atoms. The van der Waals surface area contributed by atoms with Gasteiger partial charge in [0, 0.05) is 0 Å². The minimum absolute atomic E-state index is 0. The Kier molecular flexibility index (Phi) is 28.8. The number of aliphatic hydroxyl groups is 2. The Morgan fingerprint density at radius 2 is 1.33 bits per heavy atom. The summed E-state index contributed by atoms with van der Waals surface area (Å²) in [6, 6.07) is 0. The molecule has 3 nitrogen and oxygen atoms in total. The average Bonchev–Trinajstić information content (AvgIpc) is 1.69. The Bertz CT molecular complexity index is 37.7. The number of aliphatic hydroxyl groups excluding tert-OH is 2. The topological polar surface area (TPSA) is 57.1 Å². The highest BCUT2D eigenvalue weighted by Gasteiger charge is 1.82. The third-order valence-electron chi connectivity index (χ3n) is 0.666. The van der Waals surface area contributed by atoms with Gasteiger partial charge in [0.1, 0.15) is 0 Å². The maximum Gasteiger partial charge on any atom is 0.0991 e. The lowest BCUT2D eigenvalue weighted by molar-refractivity contribution is -0.657. The number of hydrogen-bond acceptors (Lipinski definition) is 2. The SMILES string of the molecule is OCC[NH2+]CCO.[Br-].[Cl-]. The molecule has 0 aliphatic rings. The van der Waals surface area contributed by atoms with Gasteiger partial charge in [0.15, 0.2) is 0 Å². The predicted octanol–water partition coefficient (Wildman–Crippen LogP) is -8.46. The molecule has 0 rings (SSSR count). The quantitative estimate of drug-likeness (QED) is 0.413. The fraction of sp³-hybridized carbons (Fsp3) is 1.00. The molecule has 0 aromatic carbocycles. The Balaban J connectivity index is -0.000000180. The first-order chi connectivity index (χ1) is 3.41. The number of quaternary nitrogens is 1. The molecule has 0 aliphatic heterocycles. The van der Waals surface area contributed by atoms with Gasteiger partial charge >= 0.3 is 0 Å². The molecular weight excluding hydrogens is 209 g/mol. The first kappa shape index (κ1) is 16.3. The van der Waals surface area contributed by atoms with Gasteiger partial charge in [-0.15, -0.1) is 0 Å². The van der Waals surface area contributed by atoms with E-state index >= 15 is 0 Å². The van der Waals surface area contributed by atoms with E-state index in [1.54, 1.807) is 0 Å². The van der Waals surface area contributed by atoms with E-state index in [2.05, 4.69) is 0 Å². The van der Waals surface area contributed by atoms with Crippen LogP contribution in [0.4, 0.5) is 0 Å². The van der Waals surface area contributed by atoms with E-state index in [0.29, 0.717) is 13.1 Å². The molecule has 0 atom stereocenters. The van der Waals surface area contributed by atoms with Gasteiger partial charge in [0.05, 0.1) is 26.3 Å². The van der Waals surface area contributed by atoms with Crippen LogP contribution < -0.4 is 34.7 Å². The van der Waals surface area contributed by atoms with E-state index in [9.17, 15) is 0 Å². The van der Waals surface area contributed by atoms with E-state index in [-0.39, 0.29) is 42.6 Å². The second-order valence-electron chi connectivity index (χ2n) is 1.31. The fourth-order valence-electron chi connectivity index (χ4n) is 0.327. The highest BCUT2D eigenvalue weighted by molar-refractivity contribution is 4.15. The zero-order valence-electron chi connectivity index (χ0n) is 5.06. The molecule has 0 amide bonds. The summed E-state index contributed by atoms with van der Waals surface area (Å²) >= 11 is 0. The first-order valence-corrected chi connectivity index (χ1v) is 2.45. The standard InChI is InChI=1S/C4H11NO2.BrH.ClH/c6-3-1-5-2-4-7;;/h5-7H,1-4H2;2*1H/p-1. The predicted molar refractivity (Wildman–Crippen MR) is 25.8 cm³/mol. The zero-order valence-corrected chi connectivity index (χ0v) is 7.40. The smallest absolute Gasteiger partial charge is 0.0991 e. The van der Waals surface area contributed by atoms with Crippen molar-refractivity contribution in [1.29, 1.82) is 0 Å². The van der Waals surface area contributed by atoms with Crippen LogP contribution in [0.3, 0.4) is 0 Å². The van der Waals surface area contributed by atoms with Gasteiger partial charge in [-0.3, -0.25) is 0 Å². The molecule has 0 radical (unpaired) electrons. The summed E-state index contributed by atoms with van der Waals surface area (Å²) < 4.78 is 0. The number of nitrogens with two attached hydrogens (primary N) is 1. The van der Waals surface area contributed by atoms with E-state index in [0.717, 1.165) is 0 Å². The Hall–Kier alpha value is 0.650. The molecule has 0 unspecified atom stereocenters. The Labute approximate surface area is 71.6 Å². The molecule has 0 saturated carbocycles. The normalized spacial score (nSPS) is 7.33. The Morgan fingerprint density at radius 1 is 1.00 bits per heavy atom. The molecule has 4 N–H and O–H groups in total. The second-order valence-corrected chi connectivity index (χ2v) is 1.31. The first-order valence-electron chi connectivity index (χ1n) is 2.45. The molecule has 5 heteroatoms. The van der Waals surface area contributed by atoms with Gasteiger partial charge in [0.25, 0.3) is 0 Å². The third-order valence-corrected chi connectivity index (χ3v) is 0.666. The van der Waals surface area contributed by atoms with Crippen molar-refractivity contribution in [3.05, 3.63) is 0 Å². The van der Waals surface area contributed by atoms with Gasteiger partial charge in [-0.2, -0.15) is 0 Å². The molecule has 0 aromatic rings. The highest BCUT2D eigenvalue weighted by Crippen LogP contribution is 1.40. The molecular formula is C4H12BrClNO2-. The Morgan fingerprint density at radius 3 is 1.56 bits per heavy atom. The van der Waals surface area contributed by atoms with Crippen molar-refractivity contribution in [3.8, 4) is 0 Å². The molecule has 0 heterocycles. The lowest BCUT2D eigenvalue weighted by atomic mass is 10.6. The lowest BCUT2D eigenvalue weighted by Crippen LogP contribution is -3.00. The second kappa shape index (κ2) is 15.9. The minimum atomic E-state index is 0. The van der Waals surface area contributed by atoms with E-state index in [1.807, 2.05) is 5.32 Å².